The Hall–Kier alpha value is -0.990. The minimum absolute atomic E-state index is 0.168. The van der Waals surface area contributed by atoms with Crippen molar-refractivity contribution in [3.05, 3.63) is 12.3 Å². The molecule has 0 saturated carbocycles. The van der Waals surface area contributed by atoms with Gasteiger partial charge < -0.3 is 10.2 Å². The van der Waals surface area contributed by atoms with E-state index in [2.05, 4.69) is 11.9 Å². The van der Waals surface area contributed by atoms with Crippen LogP contribution in [0.1, 0.15) is 27.2 Å². The zero-order valence-electron chi connectivity index (χ0n) is 9.76. The number of hydrogen-bond acceptors (Lipinski definition) is 2. The van der Waals surface area contributed by atoms with Gasteiger partial charge in [-0.05, 0) is 6.42 Å². The molecule has 0 aromatic heterocycles. The van der Waals surface area contributed by atoms with Gasteiger partial charge >= 0.3 is 0 Å². The summed E-state index contributed by atoms with van der Waals surface area (Å²) in [6, 6.07) is 0. The van der Waals surface area contributed by atoms with Crippen LogP contribution < -0.4 is 5.32 Å². The molecule has 0 bridgehead atoms. The first-order valence-electron chi connectivity index (χ1n) is 5.27. The van der Waals surface area contributed by atoms with Crippen molar-refractivity contribution in [2.75, 3.05) is 20.1 Å². The molecule has 1 N–H and O–H groups in total. The summed E-state index contributed by atoms with van der Waals surface area (Å²) in [4.78, 5) is 12.8. The molecule has 0 aliphatic carbocycles. The van der Waals surface area contributed by atoms with Gasteiger partial charge in [0.15, 0.2) is 0 Å². The van der Waals surface area contributed by atoms with E-state index in [0.29, 0.717) is 5.92 Å². The number of carbonyl (C=O) groups excluding carboxylic acids is 1. The third-order valence-electron chi connectivity index (χ3n) is 2.45. The van der Waals surface area contributed by atoms with Gasteiger partial charge in [0.2, 0.25) is 5.91 Å². The van der Waals surface area contributed by atoms with Crippen molar-refractivity contribution in [3.8, 4) is 0 Å². The second kappa shape index (κ2) is 6.46. The molecule has 0 aromatic carbocycles. The monoisotopic (exact) mass is 198 g/mol. The van der Waals surface area contributed by atoms with Crippen LogP contribution in [0.5, 0.6) is 0 Å². The summed E-state index contributed by atoms with van der Waals surface area (Å²) in [5, 5.41) is 3.03. The van der Waals surface area contributed by atoms with Crippen LogP contribution in [0, 0.1) is 5.92 Å². The largest absolute Gasteiger partial charge is 0.392 e. The molecule has 14 heavy (non-hydrogen) atoms. The maximum atomic E-state index is 11.0. The summed E-state index contributed by atoms with van der Waals surface area (Å²) < 4.78 is 0. The number of nitrogens with one attached hydrogen (secondary N) is 1. The smallest absolute Gasteiger partial charge is 0.219 e. The first kappa shape index (κ1) is 13.0. The molecule has 1 amide bonds. The summed E-state index contributed by atoms with van der Waals surface area (Å²) in [6.07, 6.45) is 1.04. The molecule has 82 valence electrons. The van der Waals surface area contributed by atoms with Crippen molar-refractivity contribution in [2.24, 2.45) is 5.92 Å². The molecular weight excluding hydrogens is 176 g/mol. The highest BCUT2D eigenvalue weighted by atomic mass is 16.2. The van der Waals surface area contributed by atoms with Gasteiger partial charge in [0, 0.05) is 38.7 Å². The fourth-order valence-corrected chi connectivity index (χ4v) is 1.53. The molecule has 1 fully saturated rings. The van der Waals surface area contributed by atoms with Crippen LogP contribution >= 0.6 is 0 Å². The third-order valence-corrected chi connectivity index (χ3v) is 2.45. The van der Waals surface area contributed by atoms with Crippen LogP contribution in [-0.2, 0) is 4.79 Å². The quantitative estimate of drug-likeness (QED) is 0.731. The molecule has 1 saturated heterocycles. The molecule has 0 aromatic rings. The van der Waals surface area contributed by atoms with Gasteiger partial charge in [-0.2, -0.15) is 0 Å². The molecule has 0 spiro atoms. The zero-order chi connectivity index (χ0) is 11.1. The van der Waals surface area contributed by atoms with Gasteiger partial charge in [-0.25, -0.2) is 0 Å². The number of nitrogens with zero attached hydrogens (tertiary/aromatic N) is 1. The number of likely N-dealkylation sites (tertiary alicyclic amines) is 1. The molecule has 1 aliphatic heterocycles. The Morgan fingerprint density at radius 1 is 1.50 bits per heavy atom. The minimum atomic E-state index is 0.168. The lowest BCUT2D eigenvalue weighted by molar-refractivity contribution is -0.127. The first-order valence-corrected chi connectivity index (χ1v) is 5.27. The molecule has 3 nitrogen and oxygen atoms in total. The van der Waals surface area contributed by atoms with Crippen molar-refractivity contribution in [1.29, 1.82) is 0 Å². The highest BCUT2D eigenvalue weighted by Gasteiger charge is 2.25. The van der Waals surface area contributed by atoms with Gasteiger partial charge in [0.05, 0.1) is 0 Å². The van der Waals surface area contributed by atoms with E-state index in [-0.39, 0.29) is 5.91 Å². The van der Waals surface area contributed by atoms with Crippen LogP contribution in [0.4, 0.5) is 0 Å². The second-order valence-corrected chi connectivity index (χ2v) is 3.23. The molecule has 1 atom stereocenters. The van der Waals surface area contributed by atoms with Gasteiger partial charge in [0.1, 0.15) is 0 Å². The van der Waals surface area contributed by atoms with Gasteiger partial charge in [-0.15, -0.1) is 0 Å². The summed E-state index contributed by atoms with van der Waals surface area (Å²) in [5.41, 5.74) is 1.04. The summed E-state index contributed by atoms with van der Waals surface area (Å²) in [7, 11) is 1.87. The fourth-order valence-electron chi connectivity index (χ4n) is 1.53. The zero-order valence-corrected chi connectivity index (χ0v) is 9.76. The van der Waals surface area contributed by atoms with Crippen LogP contribution in [0.2, 0.25) is 0 Å². The van der Waals surface area contributed by atoms with Crippen molar-refractivity contribution < 1.29 is 4.79 Å². The normalized spacial score (nSPS) is 19.7. The maximum absolute atomic E-state index is 11.0. The molecule has 1 heterocycles. The molecular formula is C11H22N2O. The lowest BCUT2D eigenvalue weighted by atomic mass is 10.1. The lowest BCUT2D eigenvalue weighted by Crippen LogP contribution is -2.27. The van der Waals surface area contributed by atoms with Gasteiger partial charge in [0.25, 0.3) is 0 Å². The molecule has 1 aliphatic rings. The van der Waals surface area contributed by atoms with E-state index in [9.17, 15) is 4.79 Å². The minimum Gasteiger partial charge on any atom is -0.392 e. The lowest BCUT2D eigenvalue weighted by Gasteiger charge is -2.15. The Bertz CT molecular complexity index is 201. The van der Waals surface area contributed by atoms with E-state index in [1.807, 2.05) is 25.8 Å². The number of amides is 1. The standard InChI is InChI=1S/C9H16N2O.C2H6/c1-7(10-3)9-4-5-11(6-9)8(2)12;1-2/h9-10H,1,4-6H2,2-3H3;1-2H3. The molecule has 3 heteroatoms. The first-order chi connectivity index (χ1) is 6.65. The van der Waals surface area contributed by atoms with Crippen molar-refractivity contribution in [3.63, 3.8) is 0 Å². The highest BCUT2D eigenvalue weighted by molar-refractivity contribution is 5.73. The number of rotatable bonds is 2. The molecule has 1 unspecified atom stereocenters. The Labute approximate surface area is 87.2 Å². The maximum Gasteiger partial charge on any atom is 0.219 e. The van der Waals surface area contributed by atoms with Gasteiger partial charge in [-0.3, -0.25) is 4.79 Å². The van der Waals surface area contributed by atoms with E-state index >= 15 is 0 Å². The van der Waals surface area contributed by atoms with Crippen molar-refractivity contribution >= 4 is 5.91 Å². The fraction of sp³-hybridized carbons (Fsp3) is 0.727. The SMILES string of the molecule is C=C(NC)C1CCN(C(C)=O)C1.CC. The van der Waals surface area contributed by atoms with E-state index in [0.717, 1.165) is 25.2 Å². The Morgan fingerprint density at radius 2 is 2.07 bits per heavy atom. The molecule has 0 radical (unpaired) electrons. The van der Waals surface area contributed by atoms with Gasteiger partial charge in [-0.1, -0.05) is 20.4 Å². The summed E-state index contributed by atoms with van der Waals surface area (Å²) in [6.45, 7) is 11.2. The van der Waals surface area contributed by atoms with E-state index in [4.69, 9.17) is 0 Å². The van der Waals surface area contributed by atoms with Crippen LogP contribution in [-0.4, -0.2) is 30.9 Å². The highest BCUT2D eigenvalue weighted by Crippen LogP contribution is 2.20. The average Bonchev–Trinajstić information content (AvgIpc) is 2.68. The Morgan fingerprint density at radius 3 is 2.43 bits per heavy atom. The summed E-state index contributed by atoms with van der Waals surface area (Å²) in [5.74, 6) is 0.611. The third kappa shape index (κ3) is 3.40. The Balaban J connectivity index is 0.000000791. The summed E-state index contributed by atoms with van der Waals surface area (Å²) >= 11 is 0. The predicted octanol–water partition coefficient (Wildman–Crippen LogP) is 1.61. The number of hydrogen-bond donors (Lipinski definition) is 1. The average molecular weight is 198 g/mol. The van der Waals surface area contributed by atoms with E-state index < -0.39 is 0 Å². The second-order valence-electron chi connectivity index (χ2n) is 3.23. The topological polar surface area (TPSA) is 32.3 Å². The van der Waals surface area contributed by atoms with Crippen LogP contribution in [0.15, 0.2) is 12.3 Å². The predicted molar refractivity (Wildman–Crippen MR) is 59.9 cm³/mol. The van der Waals surface area contributed by atoms with Crippen molar-refractivity contribution in [1.82, 2.24) is 10.2 Å². The van der Waals surface area contributed by atoms with Crippen molar-refractivity contribution in [2.45, 2.75) is 27.2 Å². The number of carbonyl (C=O) groups is 1. The van der Waals surface area contributed by atoms with Crippen LogP contribution in [0.3, 0.4) is 0 Å². The molecule has 1 rings (SSSR count). The van der Waals surface area contributed by atoms with E-state index in [1.165, 1.54) is 0 Å². The van der Waals surface area contributed by atoms with Crippen LogP contribution in [0.25, 0.3) is 0 Å². The Kier molecular flexibility index (Phi) is 6.00. The van der Waals surface area contributed by atoms with E-state index in [1.54, 1.807) is 6.92 Å².